The maximum Gasteiger partial charge on any atom is 0.491 e. The quantitative estimate of drug-likeness (QED) is 0.0462. The van der Waals surface area contributed by atoms with E-state index in [1.54, 1.807) is 66.1 Å². The van der Waals surface area contributed by atoms with Crippen LogP contribution in [0.5, 0.6) is 0 Å². The van der Waals surface area contributed by atoms with Crippen LogP contribution in [0.3, 0.4) is 0 Å². The number of esters is 2. The molecule has 0 fully saturated rings. The highest BCUT2D eigenvalue weighted by molar-refractivity contribution is 9.11. The van der Waals surface area contributed by atoms with E-state index >= 15 is 0 Å². The third-order valence-corrected chi connectivity index (χ3v) is 11.1. The molecule has 0 unspecified atom stereocenters. The van der Waals surface area contributed by atoms with Crippen molar-refractivity contribution in [3.8, 4) is 0 Å². The summed E-state index contributed by atoms with van der Waals surface area (Å²) >= 11 is 9.95. The molecule has 336 valence electrons. The highest BCUT2D eigenvalue weighted by atomic mass is 79.9. The molecule has 0 radical (unpaired) electrons. The van der Waals surface area contributed by atoms with Gasteiger partial charge in [0.25, 0.3) is 11.8 Å². The van der Waals surface area contributed by atoms with E-state index in [-0.39, 0.29) is 11.8 Å². The zero-order valence-electron chi connectivity index (χ0n) is 35.9. The van der Waals surface area contributed by atoms with Crippen LogP contribution in [0.15, 0.2) is 100 Å². The number of benzene rings is 2. The summed E-state index contributed by atoms with van der Waals surface area (Å²) in [7, 11) is 5.15. The van der Waals surface area contributed by atoms with Gasteiger partial charge in [0, 0.05) is 66.5 Å². The summed E-state index contributed by atoms with van der Waals surface area (Å²) in [5, 5.41) is 33.3. The second kappa shape index (κ2) is 24.7. The summed E-state index contributed by atoms with van der Waals surface area (Å²) in [5.41, 5.74) is 7.31. The predicted molar refractivity (Wildman–Crippen MR) is 258 cm³/mol. The molecule has 0 saturated heterocycles. The number of H-pyrrole nitrogens is 1. The van der Waals surface area contributed by atoms with Gasteiger partial charge in [0.1, 0.15) is 11.4 Å². The van der Waals surface area contributed by atoms with Crippen LogP contribution < -0.4 is 21.0 Å². The number of thiol groups is 1. The van der Waals surface area contributed by atoms with E-state index in [0.717, 1.165) is 31.6 Å². The second-order valence-electron chi connectivity index (χ2n) is 13.6. The predicted octanol–water partition coefficient (Wildman–Crippen LogP) is 6.14. The third kappa shape index (κ3) is 14.8. The Hall–Kier alpha value is -6.04. The van der Waals surface area contributed by atoms with Crippen LogP contribution in [0.2, 0.25) is 0 Å². The van der Waals surface area contributed by atoms with Gasteiger partial charge in [-0.2, -0.15) is 17.7 Å². The number of methoxy groups -OCH3 is 2. The van der Waals surface area contributed by atoms with Crippen molar-refractivity contribution in [2.75, 3.05) is 50.1 Å². The number of ether oxygens (including phenoxy) is 2. The van der Waals surface area contributed by atoms with Gasteiger partial charge in [-0.15, -0.1) is 22.7 Å². The van der Waals surface area contributed by atoms with E-state index < -0.39 is 19.1 Å². The SMILES string of the molecule is COC(=O)c1ccc(NC(=O)c2cc(C)cn2Cc2csc(Br)n2)cc1.COC(=O)c1ccc(NC(=O)c2cc(C)cn2Cc2csc(N(C)C)n2)cc1.CS.OB(O)c1cn[nH]c1. The zero-order chi connectivity index (χ0) is 46.9. The Morgan fingerprint density at radius 2 is 1.23 bits per heavy atom. The van der Waals surface area contributed by atoms with Crippen molar-refractivity contribution in [1.82, 2.24) is 29.3 Å². The minimum absolute atomic E-state index is 0.220. The van der Waals surface area contributed by atoms with Gasteiger partial charge >= 0.3 is 19.1 Å². The van der Waals surface area contributed by atoms with Gasteiger partial charge in [0.2, 0.25) is 0 Å². The molecule has 0 atom stereocenters. The first-order valence-electron chi connectivity index (χ1n) is 19.0. The number of nitrogens with zero attached hydrogens (tertiary/aromatic N) is 6. The topological polar surface area (TPSA) is 219 Å². The molecule has 2 amide bonds. The minimum atomic E-state index is -1.41. The lowest BCUT2D eigenvalue weighted by Crippen LogP contribution is -2.28. The Balaban J connectivity index is 0.000000232. The first-order chi connectivity index (χ1) is 30.6. The number of amides is 2. The number of halogens is 1. The number of carbonyl (C=O) groups is 4. The van der Waals surface area contributed by atoms with Crippen LogP contribution in [0, 0.1) is 13.8 Å². The van der Waals surface area contributed by atoms with Crippen LogP contribution in [0.25, 0.3) is 0 Å². The van der Waals surface area contributed by atoms with Crippen LogP contribution in [0.4, 0.5) is 16.5 Å². The van der Waals surface area contributed by atoms with Crippen LogP contribution in [-0.4, -0.2) is 105 Å². The molecule has 0 bridgehead atoms. The fourth-order valence-electron chi connectivity index (χ4n) is 5.64. The summed E-state index contributed by atoms with van der Waals surface area (Å²) in [5.74, 6) is -1.27. The van der Waals surface area contributed by atoms with Crippen LogP contribution in [-0.2, 0) is 22.6 Å². The van der Waals surface area contributed by atoms with E-state index in [4.69, 9.17) is 10.0 Å². The molecular weight excluding hydrogens is 945 g/mol. The summed E-state index contributed by atoms with van der Waals surface area (Å²) in [6.45, 7) is 4.92. The van der Waals surface area contributed by atoms with Crippen molar-refractivity contribution in [2.24, 2.45) is 0 Å². The van der Waals surface area contributed by atoms with Crippen molar-refractivity contribution in [3.05, 3.63) is 145 Å². The third-order valence-electron chi connectivity index (χ3n) is 8.59. The molecule has 7 aromatic rings. The lowest BCUT2D eigenvalue weighted by atomic mass is 9.83. The Bertz CT molecular complexity index is 2590. The highest BCUT2D eigenvalue weighted by Gasteiger charge is 2.17. The summed E-state index contributed by atoms with van der Waals surface area (Å²) < 4.78 is 13.9. The number of rotatable bonds is 12. The highest BCUT2D eigenvalue weighted by Crippen LogP contribution is 2.22. The maximum absolute atomic E-state index is 12.8. The molecule has 2 aromatic carbocycles. The fraction of sp³-hybridized carbons (Fsp3) is 0.214. The number of nitrogens with one attached hydrogen (secondary N) is 3. The molecule has 17 nitrogen and oxygen atoms in total. The first-order valence-corrected chi connectivity index (χ1v) is 22.4. The van der Waals surface area contributed by atoms with Gasteiger partial charge < -0.3 is 44.2 Å². The van der Waals surface area contributed by atoms with Gasteiger partial charge in [-0.1, -0.05) is 0 Å². The molecule has 5 aromatic heterocycles. The van der Waals surface area contributed by atoms with E-state index in [1.807, 2.05) is 77.3 Å². The molecule has 5 heterocycles. The number of aromatic amines is 1. The number of hydrogen-bond donors (Lipinski definition) is 6. The fourth-order valence-corrected chi connectivity index (χ4v) is 7.43. The molecule has 64 heavy (non-hydrogen) atoms. The molecule has 0 aliphatic heterocycles. The Kier molecular flexibility index (Phi) is 19.5. The van der Waals surface area contributed by atoms with Crippen molar-refractivity contribution < 1.29 is 38.7 Å². The minimum Gasteiger partial charge on any atom is -0.465 e. The van der Waals surface area contributed by atoms with Gasteiger partial charge in [-0.25, -0.2) is 19.6 Å². The Morgan fingerprint density at radius 1 is 0.781 bits per heavy atom. The van der Waals surface area contributed by atoms with Crippen LogP contribution >= 0.6 is 51.2 Å². The standard InChI is InChI=1S/C20H22N4O3S.C18H16BrN3O3S.C3H5BN2O2.CH4S/c1-13-9-17(24(10-13)11-16-12-28-20(22-16)23(2)3)18(25)21-15-7-5-14(6-8-15)19(26)27-4;1-11-7-15(22(8-11)9-14-10-26-18(19)21-14)16(23)20-13-5-3-12(4-6-13)17(24)25-2;7-4(8)3-1-5-6-2-3;1-2/h5-10,12H,11H2,1-4H3,(H,21,25);3-8,10H,9H2,1-2H3,(H,20,23);1-2,7-8H,(H,5,6);2H,1H3. The molecular formula is C42H47BBrN9O8S3. The monoisotopic (exact) mass is 991 g/mol. The number of anilines is 3. The normalized spacial score (nSPS) is 10.2. The van der Waals surface area contributed by atoms with Crippen LogP contribution in [0.1, 0.15) is 64.2 Å². The number of hydrogen-bond acceptors (Lipinski definition) is 15. The molecule has 0 aliphatic carbocycles. The smallest absolute Gasteiger partial charge is 0.465 e. The second-order valence-corrected chi connectivity index (χ2v) is 16.6. The Labute approximate surface area is 392 Å². The van der Waals surface area contributed by atoms with Gasteiger partial charge in [-0.05, 0) is 108 Å². The molecule has 22 heteroatoms. The van der Waals surface area contributed by atoms with E-state index in [9.17, 15) is 19.2 Å². The van der Waals surface area contributed by atoms with Gasteiger partial charge in [0.15, 0.2) is 9.05 Å². The summed E-state index contributed by atoms with van der Waals surface area (Å²) in [6.07, 6.45) is 8.32. The lowest BCUT2D eigenvalue weighted by Gasteiger charge is -2.10. The number of carbonyl (C=O) groups excluding carboxylic acids is 4. The summed E-state index contributed by atoms with van der Waals surface area (Å²) in [4.78, 5) is 59.3. The molecule has 0 aliphatic rings. The van der Waals surface area contributed by atoms with Crippen molar-refractivity contribution >= 4 is 104 Å². The largest absolute Gasteiger partial charge is 0.491 e. The first kappa shape index (κ1) is 50.6. The molecule has 0 spiro atoms. The maximum atomic E-state index is 12.8. The van der Waals surface area contributed by atoms with E-state index in [1.165, 1.54) is 38.0 Å². The van der Waals surface area contributed by atoms with Crippen molar-refractivity contribution in [2.45, 2.75) is 26.9 Å². The van der Waals surface area contributed by atoms with E-state index in [0.29, 0.717) is 52.4 Å². The van der Waals surface area contributed by atoms with Crippen molar-refractivity contribution in [1.29, 1.82) is 0 Å². The molecule has 7 rings (SSSR count). The number of aromatic nitrogens is 6. The molecule has 5 N–H and O–H groups in total. The van der Waals surface area contributed by atoms with E-state index in [2.05, 4.69) is 68.8 Å². The number of aryl methyl sites for hydroxylation is 2. The van der Waals surface area contributed by atoms with Gasteiger partial charge in [-0.3, -0.25) is 14.7 Å². The van der Waals surface area contributed by atoms with Gasteiger partial charge in [0.05, 0.1) is 49.8 Å². The molecule has 0 saturated carbocycles. The zero-order valence-corrected chi connectivity index (χ0v) is 40.0. The average molecular weight is 993 g/mol. The Morgan fingerprint density at radius 3 is 1.58 bits per heavy atom. The lowest BCUT2D eigenvalue weighted by molar-refractivity contribution is 0.0592. The average Bonchev–Trinajstić information content (AvgIpc) is 4.15. The summed E-state index contributed by atoms with van der Waals surface area (Å²) in [6, 6.07) is 16.8. The number of thiazole rings is 2. The van der Waals surface area contributed by atoms with Crippen molar-refractivity contribution in [3.63, 3.8) is 0 Å².